The molecule has 1 aliphatic rings. The van der Waals surface area contributed by atoms with Crippen molar-refractivity contribution in [1.82, 2.24) is 9.97 Å². The number of nitrogen functional groups attached to an aromatic ring is 1. The molecule has 0 aromatic carbocycles. The van der Waals surface area contributed by atoms with Gasteiger partial charge in [-0.25, -0.2) is 9.97 Å². The zero-order valence-electron chi connectivity index (χ0n) is 9.13. The van der Waals surface area contributed by atoms with Gasteiger partial charge in [0, 0.05) is 6.61 Å². The summed E-state index contributed by atoms with van der Waals surface area (Å²) in [6, 6.07) is 0.0248. The number of nitrogens with one attached hydrogen (secondary N) is 1. The van der Waals surface area contributed by atoms with Gasteiger partial charge in [0.05, 0.1) is 17.6 Å². The number of nitrogens with zero attached hydrogens (tertiary/aromatic N) is 3. The second kappa shape index (κ2) is 4.91. The van der Waals surface area contributed by atoms with Gasteiger partial charge >= 0.3 is 5.69 Å². The van der Waals surface area contributed by atoms with Crippen molar-refractivity contribution in [2.45, 2.75) is 18.9 Å². The van der Waals surface area contributed by atoms with Crippen molar-refractivity contribution in [3.63, 3.8) is 0 Å². The van der Waals surface area contributed by atoms with Crippen LogP contribution in [0.5, 0.6) is 0 Å². The van der Waals surface area contributed by atoms with Crippen LogP contribution in [0.1, 0.15) is 12.8 Å². The maximum absolute atomic E-state index is 10.9. The molecule has 8 nitrogen and oxygen atoms in total. The normalized spacial score (nSPS) is 19.9. The van der Waals surface area contributed by atoms with E-state index in [2.05, 4.69) is 15.3 Å². The average Bonchev–Trinajstić information content (AvgIpc) is 2.30. The molecule has 0 spiro atoms. The third kappa shape index (κ3) is 2.59. The summed E-state index contributed by atoms with van der Waals surface area (Å²) in [7, 11) is 0. The summed E-state index contributed by atoms with van der Waals surface area (Å²) in [5, 5.41) is 13.8. The lowest BCUT2D eigenvalue weighted by Crippen LogP contribution is -2.30. The molecule has 1 saturated heterocycles. The Bertz CT molecular complexity index is 419. The minimum Gasteiger partial charge on any atom is -0.379 e. The monoisotopic (exact) mass is 239 g/mol. The van der Waals surface area contributed by atoms with E-state index in [1.165, 1.54) is 6.33 Å². The van der Waals surface area contributed by atoms with Crippen LogP contribution in [0.2, 0.25) is 0 Å². The molecule has 0 radical (unpaired) electrons. The van der Waals surface area contributed by atoms with E-state index in [0.29, 0.717) is 6.61 Å². The van der Waals surface area contributed by atoms with E-state index in [0.717, 1.165) is 19.4 Å². The number of rotatable bonds is 3. The first kappa shape index (κ1) is 11.5. The van der Waals surface area contributed by atoms with Gasteiger partial charge in [0.1, 0.15) is 6.33 Å². The number of aromatic nitrogens is 2. The smallest absolute Gasteiger partial charge is 0.352 e. The molecule has 0 aliphatic carbocycles. The van der Waals surface area contributed by atoms with E-state index >= 15 is 0 Å². The summed E-state index contributed by atoms with van der Waals surface area (Å²) in [6.07, 6.45) is 3.02. The number of anilines is 2. The van der Waals surface area contributed by atoms with Gasteiger partial charge in [-0.15, -0.1) is 0 Å². The highest BCUT2D eigenvalue weighted by Gasteiger charge is 2.24. The van der Waals surface area contributed by atoms with E-state index < -0.39 is 4.92 Å². The molecule has 1 unspecified atom stereocenters. The molecule has 0 bridgehead atoms. The van der Waals surface area contributed by atoms with Crippen molar-refractivity contribution < 1.29 is 9.66 Å². The van der Waals surface area contributed by atoms with Crippen molar-refractivity contribution in [2.24, 2.45) is 0 Å². The van der Waals surface area contributed by atoms with Crippen molar-refractivity contribution in [2.75, 3.05) is 24.3 Å². The zero-order chi connectivity index (χ0) is 12.3. The minimum atomic E-state index is -0.582. The molecule has 92 valence electrons. The van der Waals surface area contributed by atoms with Crippen LogP contribution in [0.25, 0.3) is 0 Å². The molecule has 0 saturated carbocycles. The Labute approximate surface area is 97.3 Å². The van der Waals surface area contributed by atoms with Gasteiger partial charge in [0.2, 0.25) is 11.6 Å². The van der Waals surface area contributed by atoms with Gasteiger partial charge in [-0.3, -0.25) is 10.1 Å². The first-order valence-electron chi connectivity index (χ1n) is 5.27. The summed E-state index contributed by atoms with van der Waals surface area (Å²) in [4.78, 5) is 17.7. The molecule has 2 rings (SSSR count). The lowest BCUT2D eigenvalue weighted by Gasteiger charge is -2.23. The molecule has 1 aliphatic heterocycles. The fraction of sp³-hybridized carbons (Fsp3) is 0.556. The number of hydrogen-bond acceptors (Lipinski definition) is 7. The second-order valence-electron chi connectivity index (χ2n) is 3.77. The van der Waals surface area contributed by atoms with Gasteiger partial charge < -0.3 is 15.8 Å². The van der Waals surface area contributed by atoms with Crippen LogP contribution in [-0.2, 0) is 4.74 Å². The highest BCUT2D eigenvalue weighted by atomic mass is 16.6. The predicted octanol–water partition coefficient (Wildman–Crippen LogP) is 0.558. The Morgan fingerprint density at radius 1 is 1.59 bits per heavy atom. The zero-order valence-corrected chi connectivity index (χ0v) is 9.13. The van der Waals surface area contributed by atoms with E-state index in [4.69, 9.17) is 10.5 Å². The quantitative estimate of drug-likeness (QED) is 0.584. The Hall–Kier alpha value is -1.96. The second-order valence-corrected chi connectivity index (χ2v) is 3.77. The molecule has 0 amide bonds. The van der Waals surface area contributed by atoms with Crippen LogP contribution >= 0.6 is 0 Å². The maximum atomic E-state index is 10.9. The summed E-state index contributed by atoms with van der Waals surface area (Å²) in [5.41, 5.74) is 5.18. The molecule has 3 N–H and O–H groups in total. The number of nitrogens with two attached hydrogens (primary N) is 1. The summed E-state index contributed by atoms with van der Waals surface area (Å²) in [6.45, 7) is 1.24. The van der Waals surface area contributed by atoms with Crippen LogP contribution in [0, 0.1) is 10.1 Å². The third-order valence-corrected chi connectivity index (χ3v) is 2.53. The minimum absolute atomic E-state index is 0.0248. The summed E-state index contributed by atoms with van der Waals surface area (Å²) >= 11 is 0. The SMILES string of the molecule is Nc1ncnc(NC2CCCOC2)c1[N+](=O)[O-]. The first-order chi connectivity index (χ1) is 8.18. The molecule has 1 aromatic heterocycles. The lowest BCUT2D eigenvalue weighted by molar-refractivity contribution is -0.383. The third-order valence-electron chi connectivity index (χ3n) is 2.53. The van der Waals surface area contributed by atoms with Crippen molar-refractivity contribution in [3.05, 3.63) is 16.4 Å². The Morgan fingerprint density at radius 3 is 3.06 bits per heavy atom. The van der Waals surface area contributed by atoms with Gasteiger partial charge in [-0.1, -0.05) is 0 Å². The number of hydrogen-bond donors (Lipinski definition) is 2. The number of ether oxygens (including phenoxy) is 1. The number of nitro groups is 1. The maximum Gasteiger partial charge on any atom is 0.352 e. The Kier molecular flexibility index (Phi) is 3.33. The predicted molar refractivity (Wildman–Crippen MR) is 60.6 cm³/mol. The van der Waals surface area contributed by atoms with Crippen LogP contribution in [0.3, 0.4) is 0 Å². The van der Waals surface area contributed by atoms with Gasteiger partial charge in [-0.2, -0.15) is 0 Å². The molecular weight excluding hydrogens is 226 g/mol. The van der Waals surface area contributed by atoms with Crippen LogP contribution in [0.15, 0.2) is 6.33 Å². The topological polar surface area (TPSA) is 116 Å². The van der Waals surface area contributed by atoms with Crippen LogP contribution in [0.4, 0.5) is 17.3 Å². The molecule has 1 fully saturated rings. The van der Waals surface area contributed by atoms with E-state index in [9.17, 15) is 10.1 Å². The largest absolute Gasteiger partial charge is 0.379 e. The lowest BCUT2D eigenvalue weighted by atomic mass is 10.1. The molecule has 1 aromatic rings. The molecular formula is C9H13N5O3. The molecule has 1 atom stereocenters. The van der Waals surface area contributed by atoms with Gasteiger partial charge in [0.25, 0.3) is 0 Å². The Balaban J connectivity index is 2.19. The molecule has 8 heteroatoms. The molecule has 17 heavy (non-hydrogen) atoms. The highest BCUT2D eigenvalue weighted by molar-refractivity contribution is 5.67. The van der Waals surface area contributed by atoms with Gasteiger partial charge in [0.15, 0.2) is 0 Å². The van der Waals surface area contributed by atoms with E-state index in [-0.39, 0.29) is 23.4 Å². The summed E-state index contributed by atoms with van der Waals surface area (Å²) < 4.78 is 5.28. The van der Waals surface area contributed by atoms with Crippen molar-refractivity contribution >= 4 is 17.3 Å². The van der Waals surface area contributed by atoms with Crippen LogP contribution < -0.4 is 11.1 Å². The Morgan fingerprint density at radius 2 is 2.41 bits per heavy atom. The standard InChI is InChI=1S/C9H13N5O3/c10-8-7(14(15)16)9(12-5-11-8)13-6-2-1-3-17-4-6/h5-6H,1-4H2,(H3,10,11,12,13). The van der Waals surface area contributed by atoms with Gasteiger partial charge in [-0.05, 0) is 12.8 Å². The average molecular weight is 239 g/mol. The molecule has 2 heterocycles. The fourth-order valence-corrected chi connectivity index (χ4v) is 1.73. The van der Waals surface area contributed by atoms with Crippen molar-refractivity contribution in [1.29, 1.82) is 0 Å². The fourth-order valence-electron chi connectivity index (χ4n) is 1.73. The van der Waals surface area contributed by atoms with Crippen LogP contribution in [-0.4, -0.2) is 34.1 Å². The van der Waals surface area contributed by atoms with E-state index in [1.807, 2.05) is 0 Å². The van der Waals surface area contributed by atoms with E-state index in [1.54, 1.807) is 0 Å². The highest BCUT2D eigenvalue weighted by Crippen LogP contribution is 2.27. The van der Waals surface area contributed by atoms with Crippen molar-refractivity contribution in [3.8, 4) is 0 Å². The summed E-state index contributed by atoms with van der Waals surface area (Å²) in [5.74, 6) is 0.0160. The first-order valence-corrected chi connectivity index (χ1v) is 5.27.